The van der Waals surface area contributed by atoms with Gasteiger partial charge in [-0.15, -0.1) is 0 Å². The zero-order valence-electron chi connectivity index (χ0n) is 79.0. The van der Waals surface area contributed by atoms with Crippen molar-refractivity contribution in [1.29, 1.82) is 0 Å². The zero-order valence-corrected chi connectivity index (χ0v) is 84.9. The van der Waals surface area contributed by atoms with Crippen molar-refractivity contribution in [1.82, 2.24) is 41.9 Å². The van der Waals surface area contributed by atoms with Crippen molar-refractivity contribution < 1.29 is 216 Å². The summed E-state index contributed by atoms with van der Waals surface area (Å²) >= 11 is 0. The molecule has 0 fully saturated rings. The summed E-state index contributed by atoms with van der Waals surface area (Å²) in [4.78, 5) is 105. The van der Waals surface area contributed by atoms with E-state index in [0.717, 1.165) is 0 Å². The van der Waals surface area contributed by atoms with Gasteiger partial charge in [-0.3, -0.25) is 51.3 Å². The molecule has 1 unspecified atom stereocenters. The number of nitrogens with one attached hydrogen (secondary N) is 8. The number of aliphatic hydroxyl groups is 20. The Hall–Kier alpha value is -3.44. The molecule has 17 atom stereocenters. The van der Waals surface area contributed by atoms with Gasteiger partial charge in [0.1, 0.15) is 73.2 Å². The van der Waals surface area contributed by atoms with Crippen LogP contribution in [0.5, 0.6) is 0 Å². The van der Waals surface area contributed by atoms with Gasteiger partial charge in [0.15, 0.2) is 0 Å². The highest BCUT2D eigenvalue weighted by Gasteiger charge is 2.35. The highest BCUT2D eigenvalue weighted by atomic mass is 32.2. The van der Waals surface area contributed by atoms with Crippen molar-refractivity contribution in [3.8, 4) is 0 Å². The predicted molar refractivity (Wildman–Crippen MR) is 486 cm³/mol. The van der Waals surface area contributed by atoms with Crippen LogP contribution in [0, 0.1) is 41.4 Å². The molecule has 37 N–H and O–H groups in total. The summed E-state index contributed by atoms with van der Waals surface area (Å²) in [5, 5.41) is 200. The fourth-order valence-electron chi connectivity index (χ4n) is 6.98. The molecule has 0 saturated carbocycles. The Morgan fingerprint density at radius 2 is 0.568 bits per heavy atom. The van der Waals surface area contributed by atoms with E-state index < -0.39 is 216 Å². The lowest BCUT2D eigenvalue weighted by atomic mass is 10.0. The number of aliphatic hydroxyl groups excluding tert-OH is 20. The number of hydrogen-bond donors (Lipinski definition) is 37. The monoisotopic (exact) mass is 2080 g/mol. The molecule has 0 bridgehead atoms. The summed E-state index contributed by atoms with van der Waals surface area (Å²) in [6.07, 6.45) is -24.4. The third-order valence-electron chi connectivity index (χ3n) is 16.5. The first-order valence-electron chi connectivity index (χ1n) is 41.5. The van der Waals surface area contributed by atoms with Gasteiger partial charge >= 0.3 is 22.8 Å². The van der Waals surface area contributed by atoms with Crippen molar-refractivity contribution in [2.75, 3.05) is 109 Å². The van der Waals surface area contributed by atoms with Crippen LogP contribution in [0.25, 0.3) is 0 Å². The second kappa shape index (κ2) is 78.3. The van der Waals surface area contributed by atoms with Crippen LogP contribution >= 0.6 is 22.8 Å². The smallest absolute Gasteiger partial charge is 0.328 e. The van der Waals surface area contributed by atoms with Crippen molar-refractivity contribution in [3.05, 3.63) is 0 Å². The molecule has 60 heteroatoms. The van der Waals surface area contributed by atoms with Crippen LogP contribution in [0.1, 0.15) is 158 Å². The van der Waals surface area contributed by atoms with E-state index in [-0.39, 0.29) is 129 Å². The van der Waals surface area contributed by atoms with E-state index in [1.165, 1.54) is 41.5 Å². The molecule has 0 aliphatic carbocycles. The van der Waals surface area contributed by atoms with E-state index in [1.807, 2.05) is 34.6 Å². The Morgan fingerprint density at radius 1 is 0.311 bits per heavy atom. The number of hydrogen-bond acceptors (Lipinski definition) is 38. The van der Waals surface area contributed by atoms with Crippen molar-refractivity contribution in [2.45, 2.75) is 278 Å². The maximum Gasteiger partial charge on any atom is 0.328 e. The third kappa shape index (κ3) is 92.9. The van der Waals surface area contributed by atoms with Crippen molar-refractivity contribution >= 4 is 92.7 Å². The molecule has 0 aliphatic rings. The number of carbonyl (C=O) groups excluding carboxylic acids is 5. The first kappa shape index (κ1) is 149. The minimum Gasteiger partial charge on any atom is -0.394 e. The average molecular weight is 2080 g/mol. The molecule has 5 amide bonds. The molecular formula is C72H165N8O45P3S4. The Kier molecular flexibility index (Phi) is 88.3. The largest absolute Gasteiger partial charge is 0.394 e. The molecule has 0 heterocycles. The van der Waals surface area contributed by atoms with Gasteiger partial charge in [0, 0.05) is 88.0 Å². The lowest BCUT2D eigenvalue weighted by Gasteiger charge is -2.27. The Labute approximate surface area is 776 Å². The van der Waals surface area contributed by atoms with Gasteiger partial charge in [-0.05, 0) is 65.8 Å². The van der Waals surface area contributed by atoms with Gasteiger partial charge in [-0.2, -0.15) is 25.3 Å². The maximum absolute atomic E-state index is 11.4. The van der Waals surface area contributed by atoms with Crippen LogP contribution in [0.4, 0.5) is 0 Å². The highest BCUT2D eigenvalue weighted by Crippen LogP contribution is 2.40. The number of rotatable bonds is 51. The van der Waals surface area contributed by atoms with Gasteiger partial charge in [0.2, 0.25) is 39.6 Å². The van der Waals surface area contributed by atoms with Crippen LogP contribution in [0.15, 0.2) is 0 Å². The van der Waals surface area contributed by atoms with Crippen LogP contribution in [-0.4, -0.2) is 437 Å². The molecule has 0 aromatic carbocycles. The topological polar surface area (TPSA) is 956 Å². The summed E-state index contributed by atoms with van der Waals surface area (Å²) in [6, 6.07) is 0.164. The summed E-state index contributed by atoms with van der Waals surface area (Å²) in [6.45, 7) is 33.7. The van der Waals surface area contributed by atoms with E-state index in [9.17, 15) is 133 Å². The van der Waals surface area contributed by atoms with E-state index in [2.05, 4.69) is 41.9 Å². The zero-order chi connectivity index (χ0) is 107. The molecule has 0 aromatic heterocycles. The van der Waals surface area contributed by atoms with Gasteiger partial charge in [-0.1, -0.05) is 111 Å². The van der Waals surface area contributed by atoms with Crippen molar-refractivity contribution in [2.24, 2.45) is 41.4 Å². The molecule has 0 rings (SSSR count). The minimum absolute atomic E-state index is 0.0291. The maximum atomic E-state index is 11.4. The quantitative estimate of drug-likeness (QED) is 0.0153. The first-order valence-corrected chi connectivity index (χ1v) is 53.0. The average Bonchev–Trinajstić information content (AvgIpc) is 0.903. The Morgan fingerprint density at radius 3 is 0.818 bits per heavy atom. The Bertz CT molecular complexity index is 3590. The third-order valence-corrected chi connectivity index (χ3v) is 24.1. The molecule has 0 saturated heterocycles. The SMILES string of the molecule is CC(C)C(=O)NCCCP(=O)(O)O.CC(C)C(=O)NCCCS(=O)(=O)O.CC(C)C(=O)NCCP(=O)(O)O.CC(C)C(=O)NCCS(=O)(=O)O.CC(C)C(=O)NC[C@H](O)[C@@H](O)[C@H](O)[C@H](O)CO.CC(C)C(C)NC[C@H](O)[C@@H](O)[C@H](O)[C@H](O)CO.CC(C)CNC[C@H](O)[C@@H](O)[C@H](O)[C@H](O)CO.CC(C)P(=O)(O)O.CC(C)S(=O)(=O)NC[C@H](O)[C@@H](O)[C@H](O)[C@H](O)CO.CC(C)S(=O)(=O)O. The summed E-state index contributed by atoms with van der Waals surface area (Å²) in [7, 11) is -26.8. The normalized spacial score (nSPS) is 15.9. The van der Waals surface area contributed by atoms with Crippen LogP contribution < -0.4 is 41.9 Å². The predicted octanol–water partition coefficient (Wildman–Crippen LogP) is -9.53. The molecule has 0 aliphatic heterocycles. The molecule has 802 valence electrons. The lowest BCUT2D eigenvalue weighted by Crippen LogP contribution is -2.50. The first-order chi connectivity index (χ1) is 59.3. The molecule has 132 heavy (non-hydrogen) atoms. The fraction of sp³-hybridized carbons (Fsp3) is 0.931. The standard InChI is InChI=1S/C11H25NO5.C10H21NO6.C10H23NO5.C9H21NO7S.C7H16NO4P.C7H15NO4S.C6H14NO4P.C6H13NO4S.C3H9O3P.C3H8O3S/c1-6(2)7(3)12-4-8(14)10(16)11(17)9(15)5-13;1-5(2)10(17)11-3-6(13)8(15)9(16)7(14)4-12;1-6(2)3-11-4-7(13)9(15)10(16)8(14)5-12;1-5(2)18(16,17)10-3-6(12)8(14)9(15)7(13)4-11;2*1-6(2)7(9)8-4-3-5-13(10,11)12;2*1-5(2)6(8)7-3-4-12(9,10)11;2*1-3(2)7(4,5)6/h6-17H,4-5H2,1-3H3;5-9,12-16H,3-4H2,1-2H3,(H,11,17);6-16H,3-5H2,1-2H3;5-15H,3-4H2,1-2H3;6H,3-5H2,1-2H3,(H,8,9)(H2,10,11,12);6H,3-5H2,1-2H3,(H,8,9)(H,10,11,12);5H,3-4H2,1-2H3,(H,7,8)(H2,9,10,11);5H,3-4H2,1-2H3,(H,7,8)(H,9,10,11);3H,1-2H3,(H2,4,5,6);3H,1-2H3,(H,4,5,6)/t7?,8-,9+,10+,11+;6-,7+,8+,9+;7-,8+,9+,10+;6-,7+,8+,9+;;;;;;/m0000....../s1. The molecular weight excluding hydrogens is 1920 g/mol. The molecule has 0 spiro atoms. The summed E-state index contributed by atoms with van der Waals surface area (Å²) in [5.74, 6) is -1.65. The molecule has 53 nitrogen and oxygen atoms in total. The van der Waals surface area contributed by atoms with E-state index in [0.29, 0.717) is 31.3 Å². The van der Waals surface area contributed by atoms with Gasteiger partial charge in [-0.25, -0.2) is 13.1 Å². The molecule has 0 aromatic rings. The summed E-state index contributed by atoms with van der Waals surface area (Å²) < 4.78 is 141. The molecule has 0 radical (unpaired) electrons. The van der Waals surface area contributed by atoms with Gasteiger partial charge in [0.05, 0.1) is 90.8 Å². The van der Waals surface area contributed by atoms with Crippen LogP contribution in [0.2, 0.25) is 0 Å². The lowest BCUT2D eigenvalue weighted by molar-refractivity contribution is -0.128. The van der Waals surface area contributed by atoms with E-state index >= 15 is 0 Å². The second-order valence-corrected chi connectivity index (χ2v) is 45.8. The second-order valence-electron chi connectivity index (χ2n) is 32.6. The Balaban J connectivity index is -0.000000158. The van der Waals surface area contributed by atoms with E-state index in [4.69, 9.17) is 83.9 Å². The summed E-state index contributed by atoms with van der Waals surface area (Å²) in [5.41, 5.74) is -0.535. The number of amides is 5. The van der Waals surface area contributed by atoms with Gasteiger partial charge < -0.3 is 169 Å². The number of carbonyl (C=O) groups is 5. The van der Waals surface area contributed by atoms with E-state index in [1.54, 1.807) is 69.2 Å². The van der Waals surface area contributed by atoms with Crippen LogP contribution in [-0.2, 0) is 78.0 Å². The highest BCUT2D eigenvalue weighted by molar-refractivity contribution is 7.90. The number of sulfonamides is 1. The minimum atomic E-state index is -3.97. The van der Waals surface area contributed by atoms with Gasteiger partial charge in [0.25, 0.3) is 30.4 Å². The van der Waals surface area contributed by atoms with Crippen molar-refractivity contribution in [3.63, 3.8) is 0 Å². The fourth-order valence-corrected chi connectivity index (χ4v) is 9.56. The van der Waals surface area contributed by atoms with Crippen LogP contribution in [0.3, 0.4) is 0 Å².